The molecule has 3 heterocycles. The number of fused-ring (bicyclic) bond motifs is 10. The van der Waals surface area contributed by atoms with Crippen LogP contribution in [0.3, 0.4) is 0 Å². The first-order chi connectivity index (χ1) is 29.0. The van der Waals surface area contributed by atoms with E-state index < -0.39 is 0 Å². The Morgan fingerprint density at radius 3 is 1.78 bits per heavy atom. The van der Waals surface area contributed by atoms with Gasteiger partial charge in [-0.15, -0.1) is 11.3 Å². The summed E-state index contributed by atoms with van der Waals surface area (Å²) in [5.41, 5.74) is 14.2. The van der Waals surface area contributed by atoms with Crippen molar-refractivity contribution in [3.05, 3.63) is 193 Å². The quantitative estimate of drug-likeness (QED) is 0.175. The van der Waals surface area contributed by atoms with E-state index in [4.69, 9.17) is 15.0 Å². The summed E-state index contributed by atoms with van der Waals surface area (Å²) in [5.74, 6) is 1.99. The van der Waals surface area contributed by atoms with Gasteiger partial charge >= 0.3 is 0 Å². The summed E-state index contributed by atoms with van der Waals surface area (Å²) in [5, 5.41) is 4.88. The van der Waals surface area contributed by atoms with Crippen molar-refractivity contribution in [3.8, 4) is 62.1 Å². The standard InChI is InChI=1S/C54H36N4S/c1-54(2)44-23-13-12-21-38(44)39-27-28-40-42-31-35(25-29-45(42)58(50(40)49(39)54)37-19-10-5-11-20-37)36-26-30-46-43(32-36)48-41(22-14-24-47(48)59-46)53-56-51(33-15-6-3-7-16-33)55-52(57-53)34-17-8-4-9-18-34/h3-32H,1-2H3. The highest BCUT2D eigenvalue weighted by molar-refractivity contribution is 7.26. The van der Waals surface area contributed by atoms with E-state index in [0.717, 1.165) is 22.1 Å². The van der Waals surface area contributed by atoms with E-state index >= 15 is 0 Å². The van der Waals surface area contributed by atoms with Gasteiger partial charge in [-0.25, -0.2) is 15.0 Å². The Bertz CT molecular complexity index is 3400. The molecule has 0 spiro atoms. The van der Waals surface area contributed by atoms with Crippen LogP contribution in [0, 0.1) is 0 Å². The second-order valence-corrected chi connectivity index (χ2v) is 17.1. The van der Waals surface area contributed by atoms with Gasteiger partial charge in [-0.05, 0) is 75.8 Å². The first kappa shape index (κ1) is 33.9. The van der Waals surface area contributed by atoms with Crippen molar-refractivity contribution < 1.29 is 0 Å². The van der Waals surface area contributed by atoms with E-state index in [1.807, 2.05) is 47.7 Å². The number of nitrogens with zero attached hydrogens (tertiary/aromatic N) is 4. The van der Waals surface area contributed by atoms with Gasteiger partial charge < -0.3 is 4.57 Å². The molecule has 0 amide bonds. The monoisotopic (exact) mass is 772 g/mol. The molecule has 3 aromatic heterocycles. The summed E-state index contributed by atoms with van der Waals surface area (Å²) in [4.78, 5) is 15.2. The second kappa shape index (κ2) is 12.9. The SMILES string of the molecule is CC1(C)c2ccccc2-c2ccc3c4cc(-c5ccc6sc7cccc(-c8nc(-c9ccccc9)nc(-c9ccccc9)n8)c7c6c5)ccc4n(-c4ccccc4)c3c21. The number of para-hydroxylation sites is 1. The van der Waals surface area contributed by atoms with E-state index in [1.165, 1.54) is 75.7 Å². The molecule has 0 saturated heterocycles. The Balaban J connectivity index is 1.06. The van der Waals surface area contributed by atoms with Crippen molar-refractivity contribution in [1.29, 1.82) is 0 Å². The lowest BCUT2D eigenvalue weighted by Gasteiger charge is -2.23. The van der Waals surface area contributed by atoms with E-state index in [9.17, 15) is 0 Å². The molecule has 0 aliphatic heterocycles. The lowest BCUT2D eigenvalue weighted by atomic mass is 9.81. The molecule has 0 radical (unpaired) electrons. The minimum Gasteiger partial charge on any atom is -0.309 e. The molecule has 278 valence electrons. The highest BCUT2D eigenvalue weighted by atomic mass is 32.1. The summed E-state index contributed by atoms with van der Waals surface area (Å²) in [6.45, 7) is 4.76. The van der Waals surface area contributed by atoms with E-state index in [2.05, 4.69) is 164 Å². The van der Waals surface area contributed by atoms with Gasteiger partial charge in [-0.2, -0.15) is 0 Å². The highest BCUT2D eigenvalue weighted by Crippen LogP contribution is 2.53. The van der Waals surface area contributed by atoms with E-state index in [1.54, 1.807) is 0 Å². The normalized spacial score (nSPS) is 13.1. The lowest BCUT2D eigenvalue weighted by Crippen LogP contribution is -2.16. The summed E-state index contributed by atoms with van der Waals surface area (Å²) < 4.78 is 4.93. The Hall–Kier alpha value is -7.21. The molecular weight excluding hydrogens is 737 g/mol. The molecule has 59 heavy (non-hydrogen) atoms. The third kappa shape index (κ3) is 5.18. The van der Waals surface area contributed by atoms with Crippen LogP contribution in [0.1, 0.15) is 25.0 Å². The first-order valence-corrected chi connectivity index (χ1v) is 20.9. The smallest absolute Gasteiger partial charge is 0.164 e. The van der Waals surface area contributed by atoms with Gasteiger partial charge in [0.2, 0.25) is 0 Å². The Labute approximate surface area is 345 Å². The molecule has 11 aromatic rings. The predicted molar refractivity (Wildman–Crippen MR) is 246 cm³/mol. The lowest BCUT2D eigenvalue weighted by molar-refractivity contribution is 0.664. The molecule has 5 heteroatoms. The van der Waals surface area contributed by atoms with Crippen LogP contribution >= 0.6 is 11.3 Å². The van der Waals surface area contributed by atoms with Crippen LogP contribution in [0.2, 0.25) is 0 Å². The molecule has 12 rings (SSSR count). The fraction of sp³-hybridized carbons (Fsp3) is 0.0556. The minimum absolute atomic E-state index is 0.153. The van der Waals surface area contributed by atoms with Gasteiger partial charge in [0.15, 0.2) is 17.5 Å². The minimum atomic E-state index is -0.153. The van der Waals surface area contributed by atoms with Crippen LogP contribution in [-0.2, 0) is 5.41 Å². The summed E-state index contributed by atoms with van der Waals surface area (Å²) in [7, 11) is 0. The highest BCUT2D eigenvalue weighted by Gasteiger charge is 2.38. The van der Waals surface area contributed by atoms with Crippen molar-refractivity contribution in [2.24, 2.45) is 0 Å². The molecule has 8 aromatic carbocycles. The molecular formula is C54H36N4S. The maximum atomic E-state index is 5.14. The molecule has 1 aliphatic rings. The third-order valence-corrected chi connectivity index (χ3v) is 13.4. The van der Waals surface area contributed by atoms with Gasteiger partial charge in [-0.3, -0.25) is 0 Å². The maximum absolute atomic E-state index is 5.14. The second-order valence-electron chi connectivity index (χ2n) is 16.0. The van der Waals surface area contributed by atoms with Crippen molar-refractivity contribution in [1.82, 2.24) is 19.5 Å². The van der Waals surface area contributed by atoms with Crippen LogP contribution in [-0.4, -0.2) is 19.5 Å². The number of hydrogen-bond acceptors (Lipinski definition) is 4. The Kier molecular flexibility index (Phi) is 7.41. The van der Waals surface area contributed by atoms with E-state index in [0.29, 0.717) is 17.5 Å². The van der Waals surface area contributed by atoms with Crippen molar-refractivity contribution in [2.75, 3.05) is 0 Å². The molecule has 4 nitrogen and oxygen atoms in total. The van der Waals surface area contributed by atoms with Crippen LogP contribution in [0.25, 0.3) is 104 Å². The first-order valence-electron chi connectivity index (χ1n) is 20.1. The van der Waals surface area contributed by atoms with Crippen LogP contribution in [0.5, 0.6) is 0 Å². The predicted octanol–water partition coefficient (Wildman–Crippen LogP) is 14.3. The topological polar surface area (TPSA) is 43.6 Å². The van der Waals surface area contributed by atoms with E-state index in [-0.39, 0.29) is 5.41 Å². The van der Waals surface area contributed by atoms with Crippen LogP contribution in [0.15, 0.2) is 182 Å². The molecule has 0 bridgehead atoms. The molecule has 0 saturated carbocycles. The fourth-order valence-electron chi connectivity index (χ4n) is 9.51. The van der Waals surface area contributed by atoms with Crippen molar-refractivity contribution >= 4 is 53.3 Å². The zero-order valence-corrected chi connectivity index (χ0v) is 33.3. The largest absolute Gasteiger partial charge is 0.309 e. The molecule has 0 fully saturated rings. The van der Waals surface area contributed by atoms with Crippen molar-refractivity contribution in [3.63, 3.8) is 0 Å². The van der Waals surface area contributed by atoms with Gasteiger partial charge in [0, 0.05) is 58.7 Å². The number of rotatable bonds is 5. The molecule has 1 aliphatic carbocycles. The number of benzene rings is 8. The number of hydrogen-bond donors (Lipinski definition) is 0. The Morgan fingerprint density at radius 1 is 0.441 bits per heavy atom. The average Bonchev–Trinajstić information content (AvgIpc) is 3.92. The average molecular weight is 773 g/mol. The summed E-state index contributed by atoms with van der Waals surface area (Å²) in [6.07, 6.45) is 0. The van der Waals surface area contributed by atoms with Gasteiger partial charge in [0.25, 0.3) is 0 Å². The number of aromatic nitrogens is 4. The summed E-state index contributed by atoms with van der Waals surface area (Å²) in [6, 6.07) is 65.3. The fourth-order valence-corrected chi connectivity index (χ4v) is 10.6. The van der Waals surface area contributed by atoms with Gasteiger partial charge in [0.1, 0.15) is 0 Å². The molecule has 0 unspecified atom stereocenters. The third-order valence-electron chi connectivity index (χ3n) is 12.2. The van der Waals surface area contributed by atoms with Crippen LogP contribution in [0.4, 0.5) is 0 Å². The Morgan fingerprint density at radius 2 is 1.05 bits per heavy atom. The zero-order valence-electron chi connectivity index (χ0n) is 32.5. The molecule has 0 atom stereocenters. The molecule has 0 N–H and O–H groups in total. The summed E-state index contributed by atoms with van der Waals surface area (Å²) >= 11 is 1.81. The van der Waals surface area contributed by atoms with Gasteiger partial charge in [-0.1, -0.05) is 153 Å². The van der Waals surface area contributed by atoms with Crippen LogP contribution < -0.4 is 0 Å². The van der Waals surface area contributed by atoms with Crippen molar-refractivity contribution in [2.45, 2.75) is 19.3 Å². The maximum Gasteiger partial charge on any atom is 0.164 e. The number of thiophene rings is 1. The van der Waals surface area contributed by atoms with Gasteiger partial charge in [0.05, 0.1) is 11.0 Å². The zero-order chi connectivity index (χ0) is 39.2.